The van der Waals surface area contributed by atoms with E-state index in [9.17, 15) is 9.18 Å². The first kappa shape index (κ1) is 9.26. The molecule has 0 radical (unpaired) electrons. The van der Waals surface area contributed by atoms with Crippen LogP contribution < -0.4 is 0 Å². The van der Waals surface area contributed by atoms with Gasteiger partial charge in [-0.25, -0.2) is 13.9 Å². The van der Waals surface area contributed by atoms with Gasteiger partial charge in [0.2, 0.25) is 0 Å². The number of aromatic carboxylic acids is 1. The number of rotatable bonds is 2. The van der Waals surface area contributed by atoms with Crippen molar-refractivity contribution in [3.63, 3.8) is 0 Å². The predicted molar refractivity (Wildman–Crippen MR) is 52.7 cm³/mol. The molecule has 1 saturated carbocycles. The molecule has 1 aliphatic carbocycles. The van der Waals surface area contributed by atoms with Gasteiger partial charge in [-0.15, -0.1) is 5.10 Å². The van der Waals surface area contributed by atoms with Crippen molar-refractivity contribution in [2.45, 2.75) is 18.9 Å². The number of carboxylic acids is 1. The van der Waals surface area contributed by atoms with Crippen LogP contribution >= 0.6 is 0 Å². The fraction of sp³-hybridized carbons (Fsp3) is 0.300. The predicted octanol–water partition coefficient (Wildman–Crippen LogP) is 1.60. The van der Waals surface area contributed by atoms with Gasteiger partial charge in [-0.3, -0.25) is 0 Å². The SMILES string of the molecule is O=C(O)c1cc(F)c2c(c1)nnn2C1CC1. The molecule has 1 fully saturated rings. The van der Waals surface area contributed by atoms with E-state index < -0.39 is 11.8 Å². The van der Waals surface area contributed by atoms with Crippen LogP contribution in [0.2, 0.25) is 0 Å². The maximum absolute atomic E-state index is 13.7. The molecular formula is C10H8FN3O2. The highest BCUT2D eigenvalue weighted by molar-refractivity contribution is 5.92. The Morgan fingerprint density at radius 1 is 1.50 bits per heavy atom. The Hall–Kier alpha value is -1.98. The average molecular weight is 221 g/mol. The number of fused-ring (bicyclic) bond motifs is 1. The molecule has 16 heavy (non-hydrogen) atoms. The third-order valence-electron chi connectivity index (χ3n) is 2.66. The minimum absolute atomic E-state index is 0.104. The molecule has 0 atom stereocenters. The maximum Gasteiger partial charge on any atom is 0.335 e. The van der Waals surface area contributed by atoms with Crippen LogP contribution in [0, 0.1) is 5.82 Å². The van der Waals surface area contributed by atoms with E-state index in [1.165, 1.54) is 10.7 Å². The van der Waals surface area contributed by atoms with E-state index in [1.54, 1.807) is 0 Å². The van der Waals surface area contributed by atoms with E-state index in [4.69, 9.17) is 5.11 Å². The van der Waals surface area contributed by atoms with Gasteiger partial charge in [0, 0.05) is 0 Å². The van der Waals surface area contributed by atoms with Crippen molar-refractivity contribution in [3.05, 3.63) is 23.5 Å². The third-order valence-corrected chi connectivity index (χ3v) is 2.66. The number of halogens is 1. The topological polar surface area (TPSA) is 68.0 Å². The van der Waals surface area contributed by atoms with Crippen molar-refractivity contribution in [3.8, 4) is 0 Å². The zero-order chi connectivity index (χ0) is 11.3. The summed E-state index contributed by atoms with van der Waals surface area (Å²) in [6.45, 7) is 0. The average Bonchev–Trinajstić information content (AvgIpc) is 2.98. The number of benzene rings is 1. The number of hydrogen-bond acceptors (Lipinski definition) is 3. The molecule has 0 spiro atoms. The maximum atomic E-state index is 13.7. The molecule has 1 aliphatic rings. The second kappa shape index (κ2) is 3.01. The van der Waals surface area contributed by atoms with Crippen molar-refractivity contribution in [2.24, 2.45) is 0 Å². The van der Waals surface area contributed by atoms with Gasteiger partial charge in [-0.05, 0) is 25.0 Å². The number of nitrogens with zero attached hydrogens (tertiary/aromatic N) is 3. The fourth-order valence-electron chi connectivity index (χ4n) is 1.73. The summed E-state index contributed by atoms with van der Waals surface area (Å²) in [5.41, 5.74) is 0.490. The zero-order valence-electron chi connectivity index (χ0n) is 8.22. The lowest BCUT2D eigenvalue weighted by Crippen LogP contribution is -2.00. The van der Waals surface area contributed by atoms with Crippen molar-refractivity contribution in [1.82, 2.24) is 15.0 Å². The molecule has 1 N–H and O–H groups in total. The first-order valence-corrected chi connectivity index (χ1v) is 4.94. The Balaban J connectivity index is 2.25. The zero-order valence-corrected chi connectivity index (χ0v) is 8.22. The van der Waals surface area contributed by atoms with Gasteiger partial charge < -0.3 is 5.11 Å². The fourth-order valence-corrected chi connectivity index (χ4v) is 1.73. The summed E-state index contributed by atoms with van der Waals surface area (Å²) in [6, 6.07) is 2.56. The number of aromatic nitrogens is 3. The highest BCUT2D eigenvalue weighted by Gasteiger charge is 2.28. The molecule has 1 heterocycles. The van der Waals surface area contributed by atoms with Crippen LogP contribution in [0.5, 0.6) is 0 Å². The number of carboxylic acid groups (broad SMARTS) is 1. The first-order chi connectivity index (χ1) is 7.66. The van der Waals surface area contributed by atoms with Crippen LogP contribution in [-0.2, 0) is 0 Å². The third kappa shape index (κ3) is 1.26. The second-order valence-corrected chi connectivity index (χ2v) is 3.90. The summed E-state index contributed by atoms with van der Waals surface area (Å²) in [6.07, 6.45) is 1.94. The van der Waals surface area contributed by atoms with Crippen LogP contribution in [0.4, 0.5) is 4.39 Å². The van der Waals surface area contributed by atoms with Gasteiger partial charge in [0.15, 0.2) is 5.82 Å². The molecule has 0 aliphatic heterocycles. The minimum atomic E-state index is -1.17. The van der Waals surface area contributed by atoms with Gasteiger partial charge in [-0.1, -0.05) is 5.21 Å². The van der Waals surface area contributed by atoms with E-state index in [0.29, 0.717) is 11.0 Å². The molecule has 0 saturated heterocycles. The van der Waals surface area contributed by atoms with E-state index in [1.807, 2.05) is 0 Å². The molecule has 1 aromatic carbocycles. The molecule has 82 valence electrons. The molecule has 6 heteroatoms. The lowest BCUT2D eigenvalue weighted by atomic mass is 10.2. The Labute approximate surface area is 89.5 Å². The van der Waals surface area contributed by atoms with Crippen LogP contribution in [0.3, 0.4) is 0 Å². The summed E-state index contributed by atoms with van der Waals surface area (Å²) in [7, 11) is 0. The van der Waals surface area contributed by atoms with Crippen molar-refractivity contribution in [1.29, 1.82) is 0 Å². The monoisotopic (exact) mass is 221 g/mol. The van der Waals surface area contributed by atoms with Crippen LogP contribution in [0.15, 0.2) is 12.1 Å². The Kier molecular flexibility index (Phi) is 1.74. The van der Waals surface area contributed by atoms with Crippen molar-refractivity contribution in [2.75, 3.05) is 0 Å². The normalized spacial score (nSPS) is 15.6. The van der Waals surface area contributed by atoms with E-state index >= 15 is 0 Å². The largest absolute Gasteiger partial charge is 0.478 e. The lowest BCUT2D eigenvalue weighted by Gasteiger charge is -2.00. The molecule has 0 bridgehead atoms. The number of hydrogen-bond donors (Lipinski definition) is 1. The molecule has 3 rings (SSSR count). The van der Waals surface area contributed by atoms with Gasteiger partial charge in [0.25, 0.3) is 0 Å². The molecule has 2 aromatic rings. The van der Waals surface area contributed by atoms with E-state index in [0.717, 1.165) is 18.9 Å². The first-order valence-electron chi connectivity index (χ1n) is 4.94. The Morgan fingerprint density at radius 3 is 2.88 bits per heavy atom. The smallest absolute Gasteiger partial charge is 0.335 e. The molecule has 5 nitrogen and oxygen atoms in total. The highest BCUT2D eigenvalue weighted by atomic mass is 19.1. The molecule has 0 amide bonds. The van der Waals surface area contributed by atoms with Gasteiger partial charge in [0.05, 0.1) is 11.6 Å². The summed E-state index contributed by atoms with van der Waals surface area (Å²) in [5.74, 6) is -1.74. The highest BCUT2D eigenvalue weighted by Crippen LogP contribution is 2.36. The number of carbonyl (C=O) groups is 1. The molecular weight excluding hydrogens is 213 g/mol. The van der Waals surface area contributed by atoms with Gasteiger partial charge in [-0.2, -0.15) is 0 Å². The van der Waals surface area contributed by atoms with Gasteiger partial charge in [0.1, 0.15) is 11.0 Å². The quantitative estimate of drug-likeness (QED) is 0.836. The van der Waals surface area contributed by atoms with Crippen molar-refractivity contribution >= 4 is 17.0 Å². The summed E-state index contributed by atoms with van der Waals surface area (Å²) < 4.78 is 15.3. The summed E-state index contributed by atoms with van der Waals surface area (Å²) >= 11 is 0. The van der Waals surface area contributed by atoms with Gasteiger partial charge >= 0.3 is 5.97 Å². The standard InChI is InChI=1S/C10H8FN3O2/c11-7-3-5(10(15)16)4-8-9(7)14(13-12-8)6-1-2-6/h3-4,6H,1-2H2,(H,15,16). The van der Waals surface area contributed by atoms with Crippen LogP contribution in [0.25, 0.3) is 11.0 Å². The second-order valence-electron chi connectivity index (χ2n) is 3.90. The summed E-state index contributed by atoms with van der Waals surface area (Å²) in [5, 5.41) is 16.4. The summed E-state index contributed by atoms with van der Waals surface area (Å²) in [4.78, 5) is 10.7. The molecule has 1 aromatic heterocycles. The Bertz CT molecular complexity index is 589. The van der Waals surface area contributed by atoms with Crippen LogP contribution in [0.1, 0.15) is 29.2 Å². The van der Waals surface area contributed by atoms with Crippen molar-refractivity contribution < 1.29 is 14.3 Å². The lowest BCUT2D eigenvalue weighted by molar-refractivity contribution is 0.0696. The van der Waals surface area contributed by atoms with E-state index in [-0.39, 0.29) is 11.6 Å². The van der Waals surface area contributed by atoms with E-state index in [2.05, 4.69) is 10.3 Å². The van der Waals surface area contributed by atoms with Crippen LogP contribution in [-0.4, -0.2) is 26.1 Å². The molecule has 0 unspecified atom stereocenters. The minimum Gasteiger partial charge on any atom is -0.478 e. The Morgan fingerprint density at radius 2 is 2.25 bits per heavy atom.